The number of anilines is 2. The molecule has 7 heteroatoms. The number of hydrogen-bond donors (Lipinski definition) is 2. The molecule has 0 saturated heterocycles. The number of benzene rings is 2. The molecule has 1 aliphatic rings. The van der Waals surface area contributed by atoms with Crippen LogP contribution in [0.2, 0.25) is 0 Å². The van der Waals surface area contributed by atoms with E-state index in [-0.39, 0.29) is 17.5 Å². The molecule has 1 saturated carbocycles. The van der Waals surface area contributed by atoms with Gasteiger partial charge in [0.15, 0.2) is 0 Å². The third kappa shape index (κ3) is 5.34. The number of carbonyl (C=O) groups excluding carboxylic acids is 2. The van der Waals surface area contributed by atoms with E-state index in [2.05, 4.69) is 17.4 Å². The minimum atomic E-state index is -4.94. The van der Waals surface area contributed by atoms with E-state index >= 15 is 0 Å². The monoisotopic (exact) mass is 390 g/mol. The minimum Gasteiger partial charge on any atom is -0.326 e. The first kappa shape index (κ1) is 19.9. The lowest BCUT2D eigenvalue weighted by Crippen LogP contribution is -2.29. The Morgan fingerprint density at radius 1 is 0.964 bits per heavy atom. The lowest BCUT2D eigenvalue weighted by atomic mass is 9.90. The summed E-state index contributed by atoms with van der Waals surface area (Å²) in [6.45, 7) is 2.02. The molecule has 2 N–H and O–H groups in total. The Balaban J connectivity index is 1.59. The van der Waals surface area contributed by atoms with Crippen molar-refractivity contribution in [1.82, 2.24) is 0 Å². The molecule has 0 aromatic heterocycles. The van der Waals surface area contributed by atoms with Gasteiger partial charge in [-0.25, -0.2) is 0 Å². The van der Waals surface area contributed by atoms with Gasteiger partial charge in [-0.2, -0.15) is 13.2 Å². The second kappa shape index (κ2) is 8.04. The van der Waals surface area contributed by atoms with Gasteiger partial charge in [0, 0.05) is 17.8 Å². The molecule has 0 spiro atoms. The number of rotatable bonds is 6. The molecule has 1 atom stereocenters. The van der Waals surface area contributed by atoms with E-state index in [4.69, 9.17) is 0 Å². The molecular formula is C21H21F3N2O2. The van der Waals surface area contributed by atoms with Gasteiger partial charge in [0.05, 0.1) is 0 Å². The normalized spacial score (nSPS) is 15.0. The van der Waals surface area contributed by atoms with Crippen molar-refractivity contribution in [3.63, 3.8) is 0 Å². The summed E-state index contributed by atoms with van der Waals surface area (Å²) < 4.78 is 36.8. The number of aryl methyl sites for hydroxylation is 1. The predicted octanol–water partition coefficient (Wildman–Crippen LogP) is 5.02. The van der Waals surface area contributed by atoms with Crippen molar-refractivity contribution in [3.8, 4) is 0 Å². The molecule has 0 radical (unpaired) electrons. The van der Waals surface area contributed by atoms with Gasteiger partial charge in [-0.3, -0.25) is 9.59 Å². The summed E-state index contributed by atoms with van der Waals surface area (Å²) in [6.07, 6.45) is -2.38. The summed E-state index contributed by atoms with van der Waals surface area (Å²) in [5.41, 5.74) is 2.79. The van der Waals surface area contributed by atoms with Crippen LogP contribution in [0.15, 0.2) is 48.5 Å². The van der Waals surface area contributed by atoms with E-state index in [1.165, 1.54) is 29.8 Å². The summed E-state index contributed by atoms with van der Waals surface area (Å²) in [5, 5.41) is 4.54. The van der Waals surface area contributed by atoms with E-state index < -0.39 is 12.1 Å². The highest BCUT2D eigenvalue weighted by Crippen LogP contribution is 2.44. The molecule has 2 aromatic carbocycles. The van der Waals surface area contributed by atoms with Gasteiger partial charge in [-0.1, -0.05) is 29.8 Å². The van der Waals surface area contributed by atoms with E-state index in [0.717, 1.165) is 18.4 Å². The quantitative estimate of drug-likeness (QED) is 0.728. The molecule has 3 rings (SSSR count). The molecule has 1 fully saturated rings. The Labute approximate surface area is 161 Å². The van der Waals surface area contributed by atoms with E-state index in [0.29, 0.717) is 18.0 Å². The first-order valence-corrected chi connectivity index (χ1v) is 9.07. The van der Waals surface area contributed by atoms with Gasteiger partial charge in [0.1, 0.15) is 0 Å². The summed E-state index contributed by atoms with van der Waals surface area (Å²) in [7, 11) is 0. The predicted molar refractivity (Wildman–Crippen MR) is 101 cm³/mol. The van der Waals surface area contributed by atoms with Crippen LogP contribution in [0.25, 0.3) is 0 Å². The standard InChI is InChI=1S/C21H21F3N2O2/c1-13-2-4-14(5-3-13)18(15-6-7-15)12-19(27)25-16-8-10-17(11-9-16)26-20(28)21(22,23)24/h2-5,8-11,15,18H,6-7,12H2,1H3,(H,25,27)(H,26,28). The number of nitrogens with one attached hydrogen (secondary N) is 2. The number of halogens is 3. The summed E-state index contributed by atoms with van der Waals surface area (Å²) in [6, 6.07) is 13.7. The van der Waals surface area contributed by atoms with Gasteiger partial charge in [-0.05, 0) is 61.4 Å². The number of carbonyl (C=O) groups is 2. The molecule has 148 valence electrons. The van der Waals surface area contributed by atoms with E-state index in [9.17, 15) is 22.8 Å². The van der Waals surface area contributed by atoms with Crippen molar-refractivity contribution >= 4 is 23.2 Å². The van der Waals surface area contributed by atoms with Crippen molar-refractivity contribution in [2.24, 2.45) is 5.92 Å². The van der Waals surface area contributed by atoms with Crippen LogP contribution in [0.4, 0.5) is 24.5 Å². The smallest absolute Gasteiger partial charge is 0.326 e. The number of alkyl halides is 3. The molecule has 2 amide bonds. The maximum atomic E-state index is 12.5. The minimum absolute atomic E-state index is 0.0100. The van der Waals surface area contributed by atoms with Gasteiger partial charge in [0.25, 0.3) is 0 Å². The zero-order valence-corrected chi connectivity index (χ0v) is 15.3. The fourth-order valence-electron chi connectivity index (χ4n) is 3.12. The average molecular weight is 390 g/mol. The van der Waals surface area contributed by atoms with Crippen LogP contribution < -0.4 is 10.6 Å². The van der Waals surface area contributed by atoms with Crippen LogP contribution in [0.3, 0.4) is 0 Å². The molecule has 0 heterocycles. The highest BCUT2D eigenvalue weighted by molar-refractivity contribution is 5.95. The Hall–Kier alpha value is -2.83. The Bertz CT molecular complexity index is 841. The van der Waals surface area contributed by atoms with Gasteiger partial charge >= 0.3 is 12.1 Å². The largest absolute Gasteiger partial charge is 0.471 e. The highest BCUT2D eigenvalue weighted by atomic mass is 19.4. The van der Waals surface area contributed by atoms with Gasteiger partial charge in [-0.15, -0.1) is 0 Å². The molecule has 0 bridgehead atoms. The molecule has 0 aliphatic heterocycles. The zero-order chi connectivity index (χ0) is 20.3. The highest BCUT2D eigenvalue weighted by Gasteiger charge is 2.38. The van der Waals surface area contributed by atoms with Crippen LogP contribution in [0.5, 0.6) is 0 Å². The molecule has 1 unspecified atom stereocenters. The maximum absolute atomic E-state index is 12.5. The molecule has 1 aliphatic carbocycles. The Kier molecular flexibility index (Phi) is 5.72. The van der Waals surface area contributed by atoms with Crippen LogP contribution in [-0.2, 0) is 9.59 Å². The van der Waals surface area contributed by atoms with Crippen molar-refractivity contribution in [1.29, 1.82) is 0 Å². The van der Waals surface area contributed by atoms with Gasteiger partial charge < -0.3 is 10.6 Å². The second-order valence-electron chi connectivity index (χ2n) is 7.14. The number of hydrogen-bond acceptors (Lipinski definition) is 2. The molecular weight excluding hydrogens is 369 g/mol. The van der Waals surface area contributed by atoms with E-state index in [1.54, 1.807) is 5.32 Å². The van der Waals surface area contributed by atoms with Crippen LogP contribution in [0, 0.1) is 12.8 Å². The topological polar surface area (TPSA) is 58.2 Å². The number of amides is 2. The van der Waals surface area contributed by atoms with Crippen LogP contribution in [0.1, 0.15) is 36.3 Å². The average Bonchev–Trinajstić information content (AvgIpc) is 3.46. The fraction of sp³-hybridized carbons (Fsp3) is 0.333. The van der Waals surface area contributed by atoms with Crippen molar-refractivity contribution in [3.05, 3.63) is 59.7 Å². The maximum Gasteiger partial charge on any atom is 0.471 e. The summed E-state index contributed by atoms with van der Waals surface area (Å²) >= 11 is 0. The molecule has 28 heavy (non-hydrogen) atoms. The van der Waals surface area contributed by atoms with E-state index in [1.807, 2.05) is 19.1 Å². The molecule has 4 nitrogen and oxygen atoms in total. The SMILES string of the molecule is Cc1ccc(C(CC(=O)Nc2ccc(NC(=O)C(F)(F)F)cc2)C2CC2)cc1. The van der Waals surface area contributed by atoms with Crippen LogP contribution in [-0.4, -0.2) is 18.0 Å². The third-order valence-electron chi connectivity index (χ3n) is 4.79. The lowest BCUT2D eigenvalue weighted by molar-refractivity contribution is -0.167. The molecule has 2 aromatic rings. The van der Waals surface area contributed by atoms with Crippen molar-refractivity contribution in [2.75, 3.05) is 10.6 Å². The van der Waals surface area contributed by atoms with Gasteiger partial charge in [0.2, 0.25) is 5.91 Å². The first-order chi connectivity index (χ1) is 13.2. The third-order valence-corrected chi connectivity index (χ3v) is 4.79. The van der Waals surface area contributed by atoms with Crippen molar-refractivity contribution < 1.29 is 22.8 Å². The Morgan fingerprint density at radius 2 is 1.50 bits per heavy atom. The lowest BCUT2D eigenvalue weighted by Gasteiger charge is -2.17. The first-order valence-electron chi connectivity index (χ1n) is 9.07. The zero-order valence-electron chi connectivity index (χ0n) is 15.3. The Morgan fingerprint density at radius 3 is 2.00 bits per heavy atom. The summed E-state index contributed by atoms with van der Waals surface area (Å²) in [5.74, 6) is -1.52. The summed E-state index contributed by atoms with van der Waals surface area (Å²) in [4.78, 5) is 23.4. The second-order valence-corrected chi connectivity index (χ2v) is 7.14. The van der Waals surface area contributed by atoms with Crippen LogP contribution >= 0.6 is 0 Å². The van der Waals surface area contributed by atoms with Crippen molar-refractivity contribution in [2.45, 2.75) is 38.3 Å². The fourth-order valence-corrected chi connectivity index (χ4v) is 3.12.